The normalized spacial score (nSPS) is 21.2. The summed E-state index contributed by atoms with van der Waals surface area (Å²) in [6, 6.07) is -4.28. The lowest BCUT2D eigenvalue weighted by molar-refractivity contribution is -0.270. The van der Waals surface area contributed by atoms with E-state index in [1.54, 1.807) is 13.8 Å². The summed E-state index contributed by atoms with van der Waals surface area (Å²) in [5.74, 6) is -11.5. The molecule has 2 heterocycles. The number of ketones is 1. The molecule has 0 aliphatic carbocycles. The molecule has 0 radical (unpaired) electrons. The Bertz CT molecular complexity index is 846. The predicted molar refractivity (Wildman–Crippen MR) is 122 cm³/mol. The van der Waals surface area contributed by atoms with Crippen molar-refractivity contribution in [1.82, 2.24) is 20.4 Å². The van der Waals surface area contributed by atoms with Crippen LogP contribution in [-0.2, 0) is 23.9 Å². The van der Waals surface area contributed by atoms with Crippen molar-refractivity contribution >= 4 is 23.5 Å². The Kier molecular flexibility index (Phi) is 10.4. The number of hydrogen-bond donors (Lipinski definition) is 2. The predicted octanol–water partition coefficient (Wildman–Crippen LogP) is 1.36. The van der Waals surface area contributed by atoms with Crippen LogP contribution in [0, 0.1) is 11.8 Å². The lowest BCUT2D eigenvalue weighted by Gasteiger charge is -2.33. The van der Waals surface area contributed by atoms with Crippen molar-refractivity contribution in [2.45, 2.75) is 70.8 Å². The molecule has 2 saturated heterocycles. The van der Waals surface area contributed by atoms with Gasteiger partial charge in [0.15, 0.2) is 0 Å². The Morgan fingerprint density at radius 2 is 1.46 bits per heavy atom. The third-order valence-corrected chi connectivity index (χ3v) is 6.47. The molecule has 3 unspecified atom stereocenters. The van der Waals surface area contributed by atoms with E-state index in [9.17, 15) is 41.1 Å². The van der Waals surface area contributed by atoms with Crippen LogP contribution in [0.5, 0.6) is 0 Å². The number of carbonyl (C=O) groups is 4. The topological polar surface area (TPSA) is 108 Å². The third kappa shape index (κ3) is 7.59. The number of ether oxygens (including phenoxy) is 1. The zero-order chi connectivity index (χ0) is 28.1. The van der Waals surface area contributed by atoms with E-state index >= 15 is 0 Å². The molecule has 0 spiro atoms. The van der Waals surface area contributed by atoms with Crippen LogP contribution in [0.4, 0.5) is 22.0 Å². The summed E-state index contributed by atoms with van der Waals surface area (Å²) in [6.07, 6.45) is -5.62. The summed E-state index contributed by atoms with van der Waals surface area (Å²) in [5.41, 5.74) is 0. The van der Waals surface area contributed by atoms with Crippen molar-refractivity contribution in [3.05, 3.63) is 0 Å². The summed E-state index contributed by atoms with van der Waals surface area (Å²) in [5, 5.41) is 4.71. The van der Waals surface area contributed by atoms with E-state index in [4.69, 9.17) is 4.74 Å². The molecule has 2 rings (SSSR count). The average molecular weight is 543 g/mol. The van der Waals surface area contributed by atoms with E-state index < -0.39 is 59.6 Å². The van der Waals surface area contributed by atoms with E-state index in [1.165, 1.54) is 18.7 Å². The molecule has 2 aliphatic rings. The number of hydrogen-bond acceptors (Lipinski definition) is 6. The minimum absolute atomic E-state index is 0.0510. The maximum absolute atomic E-state index is 13.7. The molecule has 212 valence electrons. The summed E-state index contributed by atoms with van der Waals surface area (Å²) in [6.45, 7) is 8.13. The molecular formula is C23H35F5N4O5. The second-order valence-corrected chi connectivity index (χ2v) is 10.0. The van der Waals surface area contributed by atoms with Gasteiger partial charge in [-0.05, 0) is 24.7 Å². The van der Waals surface area contributed by atoms with Crippen molar-refractivity contribution in [2.75, 3.05) is 39.4 Å². The van der Waals surface area contributed by atoms with Crippen molar-refractivity contribution < 1.29 is 45.9 Å². The maximum atomic E-state index is 13.7. The number of halogens is 5. The van der Waals surface area contributed by atoms with Crippen LogP contribution in [-0.4, -0.2) is 103 Å². The standard InChI is InChI=1S/C23H35F5N4O5/c1-13(2)17(19(34)22(24,25)23(26,27)28)30-20(35)15-6-5-7-32(15)21(36)18(14(3)4)29-16(33)12-31-8-10-37-11-9-31/h13-15,17-18H,5-12H2,1-4H3,(H,29,33)(H,30,35). The Labute approximate surface area is 212 Å². The fourth-order valence-corrected chi connectivity index (χ4v) is 4.30. The molecule has 9 nitrogen and oxygen atoms in total. The highest BCUT2D eigenvalue weighted by Gasteiger charge is 2.64. The molecule has 2 aliphatic heterocycles. The number of nitrogens with zero attached hydrogens (tertiary/aromatic N) is 2. The van der Waals surface area contributed by atoms with Crippen molar-refractivity contribution in [2.24, 2.45) is 11.8 Å². The number of carbonyl (C=O) groups excluding carboxylic acids is 4. The van der Waals surface area contributed by atoms with Crippen molar-refractivity contribution in [3.8, 4) is 0 Å². The van der Waals surface area contributed by atoms with Gasteiger partial charge >= 0.3 is 12.1 Å². The fraction of sp³-hybridized carbons (Fsp3) is 0.826. The number of amides is 3. The zero-order valence-corrected chi connectivity index (χ0v) is 21.4. The van der Waals surface area contributed by atoms with Crippen LogP contribution < -0.4 is 10.6 Å². The van der Waals surface area contributed by atoms with Gasteiger partial charge in [-0.3, -0.25) is 24.1 Å². The average Bonchev–Trinajstić information content (AvgIpc) is 3.29. The summed E-state index contributed by atoms with van der Waals surface area (Å²) < 4.78 is 70.9. The monoisotopic (exact) mass is 542 g/mol. The molecule has 0 aromatic heterocycles. The fourth-order valence-electron chi connectivity index (χ4n) is 4.30. The zero-order valence-electron chi connectivity index (χ0n) is 21.4. The smallest absolute Gasteiger partial charge is 0.379 e. The van der Waals surface area contributed by atoms with Gasteiger partial charge < -0.3 is 20.3 Å². The van der Waals surface area contributed by atoms with Crippen LogP contribution in [0.1, 0.15) is 40.5 Å². The lowest BCUT2D eigenvalue weighted by atomic mass is 9.95. The van der Waals surface area contributed by atoms with Gasteiger partial charge in [0, 0.05) is 19.6 Å². The Morgan fingerprint density at radius 1 is 0.892 bits per heavy atom. The van der Waals surface area contributed by atoms with E-state index in [2.05, 4.69) is 5.32 Å². The van der Waals surface area contributed by atoms with Crippen molar-refractivity contribution in [3.63, 3.8) is 0 Å². The Hall–Kier alpha value is -2.35. The van der Waals surface area contributed by atoms with Gasteiger partial charge in [0.1, 0.15) is 12.1 Å². The van der Waals surface area contributed by atoms with Gasteiger partial charge in [-0.2, -0.15) is 22.0 Å². The first-order valence-electron chi connectivity index (χ1n) is 12.3. The summed E-state index contributed by atoms with van der Waals surface area (Å²) >= 11 is 0. The number of Topliss-reactive ketones (excluding diaryl/α,β-unsaturated/α-hetero) is 1. The van der Waals surface area contributed by atoms with E-state index in [1.807, 2.05) is 10.2 Å². The molecule has 37 heavy (non-hydrogen) atoms. The first kappa shape index (κ1) is 30.9. The van der Waals surface area contributed by atoms with Crippen LogP contribution in [0.15, 0.2) is 0 Å². The highest BCUT2D eigenvalue weighted by atomic mass is 19.4. The first-order valence-corrected chi connectivity index (χ1v) is 12.3. The molecule has 3 atom stereocenters. The number of nitrogens with one attached hydrogen (secondary N) is 2. The largest absolute Gasteiger partial charge is 0.461 e. The number of alkyl halides is 5. The van der Waals surface area contributed by atoms with Crippen LogP contribution >= 0.6 is 0 Å². The van der Waals surface area contributed by atoms with Gasteiger partial charge in [-0.25, -0.2) is 0 Å². The maximum Gasteiger partial charge on any atom is 0.461 e. The van der Waals surface area contributed by atoms with Gasteiger partial charge in [-0.1, -0.05) is 27.7 Å². The van der Waals surface area contributed by atoms with Gasteiger partial charge in [-0.15, -0.1) is 0 Å². The van der Waals surface area contributed by atoms with Crippen LogP contribution in [0.3, 0.4) is 0 Å². The van der Waals surface area contributed by atoms with E-state index in [0.717, 1.165) is 0 Å². The SMILES string of the molecule is CC(C)C(NC(=O)CN1CCOCC1)C(=O)N1CCCC1C(=O)NC(C(=O)C(F)(F)C(F)(F)F)C(C)C. The molecule has 0 aromatic rings. The van der Waals surface area contributed by atoms with Crippen molar-refractivity contribution in [1.29, 1.82) is 0 Å². The molecule has 0 aromatic carbocycles. The number of likely N-dealkylation sites (tertiary alicyclic amines) is 1. The van der Waals surface area contributed by atoms with E-state index in [0.29, 0.717) is 32.7 Å². The minimum atomic E-state index is -6.11. The number of rotatable bonds is 10. The second kappa shape index (κ2) is 12.5. The third-order valence-electron chi connectivity index (χ3n) is 6.47. The highest BCUT2D eigenvalue weighted by Crippen LogP contribution is 2.37. The molecule has 2 fully saturated rings. The van der Waals surface area contributed by atoms with E-state index in [-0.39, 0.29) is 25.4 Å². The minimum Gasteiger partial charge on any atom is -0.379 e. The Balaban J connectivity index is 2.12. The van der Waals surface area contributed by atoms with Gasteiger partial charge in [0.25, 0.3) is 0 Å². The molecule has 14 heteroatoms. The Morgan fingerprint density at radius 3 is 1.97 bits per heavy atom. The molecule has 0 saturated carbocycles. The summed E-state index contributed by atoms with van der Waals surface area (Å²) in [4.78, 5) is 54.0. The first-order chi connectivity index (χ1) is 17.1. The van der Waals surface area contributed by atoms with Crippen LogP contribution in [0.2, 0.25) is 0 Å². The van der Waals surface area contributed by atoms with Gasteiger partial charge in [0.05, 0.1) is 25.8 Å². The molecule has 3 amide bonds. The molecular weight excluding hydrogens is 507 g/mol. The quantitative estimate of drug-likeness (QED) is 0.404. The van der Waals surface area contributed by atoms with Crippen LogP contribution in [0.25, 0.3) is 0 Å². The highest BCUT2D eigenvalue weighted by molar-refractivity contribution is 5.97. The van der Waals surface area contributed by atoms with Gasteiger partial charge in [0.2, 0.25) is 23.5 Å². The molecule has 2 N–H and O–H groups in total. The lowest BCUT2D eigenvalue weighted by Crippen LogP contribution is -2.60. The second-order valence-electron chi connectivity index (χ2n) is 10.0. The summed E-state index contributed by atoms with van der Waals surface area (Å²) in [7, 11) is 0. The molecule has 0 bridgehead atoms. The number of morpholine rings is 1.